The zero-order chi connectivity index (χ0) is 23.3. The molecule has 0 bridgehead atoms. The fourth-order valence-corrected chi connectivity index (χ4v) is 5.89. The minimum Gasteiger partial charge on any atom is -0.339 e. The summed E-state index contributed by atoms with van der Waals surface area (Å²) in [7, 11) is 1.49. The van der Waals surface area contributed by atoms with E-state index in [0.717, 1.165) is 33.3 Å². The number of nitrogens with zero attached hydrogens (tertiary/aromatic N) is 5. The van der Waals surface area contributed by atoms with E-state index in [2.05, 4.69) is 4.98 Å². The van der Waals surface area contributed by atoms with E-state index in [1.165, 1.54) is 18.4 Å². The molecule has 0 aliphatic carbocycles. The molecular weight excluding hydrogens is 438 g/mol. The Balaban J connectivity index is 1.77. The van der Waals surface area contributed by atoms with Crippen LogP contribution in [0.2, 0.25) is 0 Å². The van der Waals surface area contributed by atoms with E-state index < -0.39 is 5.56 Å². The Morgan fingerprint density at radius 3 is 2.61 bits per heavy atom. The van der Waals surface area contributed by atoms with Crippen LogP contribution >= 0.6 is 11.3 Å². The third-order valence-corrected chi connectivity index (χ3v) is 7.44. The van der Waals surface area contributed by atoms with Crippen molar-refractivity contribution in [1.82, 2.24) is 23.6 Å². The molecule has 1 aliphatic heterocycles. The topological polar surface area (TPSA) is 82.1 Å². The molecule has 0 N–H and O–H groups in total. The zero-order valence-electron chi connectivity index (χ0n) is 19.1. The number of imidazole rings is 1. The van der Waals surface area contributed by atoms with Crippen molar-refractivity contribution in [2.24, 2.45) is 13.0 Å². The Labute approximate surface area is 194 Å². The molecule has 0 unspecified atom stereocenters. The van der Waals surface area contributed by atoms with Gasteiger partial charge in [-0.3, -0.25) is 18.7 Å². The van der Waals surface area contributed by atoms with Gasteiger partial charge in [-0.1, -0.05) is 26.0 Å². The first-order valence-electron chi connectivity index (χ1n) is 11.3. The Kier molecular flexibility index (Phi) is 5.44. The molecule has 1 aromatic carbocycles. The third kappa shape index (κ3) is 3.60. The van der Waals surface area contributed by atoms with Crippen LogP contribution in [0.1, 0.15) is 41.9 Å². The summed E-state index contributed by atoms with van der Waals surface area (Å²) in [6.07, 6.45) is 3.69. The minimum absolute atomic E-state index is 0.120. The first-order chi connectivity index (χ1) is 15.9. The number of carbonyl (C=O) groups excluding carboxylic acids is 1. The molecule has 8 nitrogen and oxygen atoms in total. The maximum atomic E-state index is 13.7. The predicted molar refractivity (Wildman–Crippen MR) is 130 cm³/mol. The molecule has 1 amide bonds. The van der Waals surface area contributed by atoms with Gasteiger partial charge in [0.2, 0.25) is 0 Å². The van der Waals surface area contributed by atoms with Gasteiger partial charge in [0.15, 0.2) is 0 Å². The van der Waals surface area contributed by atoms with Gasteiger partial charge < -0.3 is 9.47 Å². The lowest BCUT2D eigenvalue weighted by Gasteiger charge is -2.16. The summed E-state index contributed by atoms with van der Waals surface area (Å²) in [5, 5.41) is 0.360. The number of rotatable bonds is 5. The average Bonchev–Trinajstić information content (AvgIpc) is 3.54. The quantitative estimate of drug-likeness (QED) is 0.454. The van der Waals surface area contributed by atoms with Crippen LogP contribution in [0.15, 0.2) is 40.2 Å². The molecule has 0 spiro atoms. The number of para-hydroxylation sites is 2. The molecule has 172 valence electrons. The van der Waals surface area contributed by atoms with Crippen LogP contribution in [0, 0.1) is 5.92 Å². The highest BCUT2D eigenvalue weighted by atomic mass is 32.1. The van der Waals surface area contributed by atoms with Crippen LogP contribution < -0.4 is 11.2 Å². The number of benzene rings is 1. The van der Waals surface area contributed by atoms with E-state index in [-0.39, 0.29) is 17.5 Å². The summed E-state index contributed by atoms with van der Waals surface area (Å²) in [5.74, 6) is 0.0919. The molecule has 3 aromatic heterocycles. The third-order valence-electron chi connectivity index (χ3n) is 6.24. The fraction of sp³-hybridized carbons (Fsp3) is 0.417. The molecule has 0 atom stereocenters. The molecule has 1 aliphatic rings. The van der Waals surface area contributed by atoms with E-state index in [1.807, 2.05) is 47.6 Å². The molecule has 33 heavy (non-hydrogen) atoms. The molecule has 5 rings (SSSR count). The largest absolute Gasteiger partial charge is 0.339 e. The van der Waals surface area contributed by atoms with Crippen LogP contribution in [0.3, 0.4) is 0 Å². The Hall–Kier alpha value is -3.20. The lowest BCUT2D eigenvalue weighted by atomic mass is 10.1. The van der Waals surface area contributed by atoms with E-state index in [4.69, 9.17) is 0 Å². The second kappa shape index (κ2) is 8.30. The fourth-order valence-electron chi connectivity index (χ4n) is 4.61. The van der Waals surface area contributed by atoms with Gasteiger partial charge in [-0.15, -0.1) is 11.3 Å². The number of likely N-dealkylation sites (tertiary alicyclic amines) is 1. The second-order valence-electron chi connectivity index (χ2n) is 9.09. The van der Waals surface area contributed by atoms with Gasteiger partial charge in [0, 0.05) is 31.6 Å². The summed E-state index contributed by atoms with van der Waals surface area (Å²) in [4.78, 5) is 47.7. The van der Waals surface area contributed by atoms with Gasteiger partial charge in [0.05, 0.1) is 34.9 Å². The Morgan fingerprint density at radius 2 is 1.88 bits per heavy atom. The van der Waals surface area contributed by atoms with Crippen LogP contribution in [-0.4, -0.2) is 42.6 Å². The first kappa shape index (κ1) is 21.6. The first-order valence-corrected chi connectivity index (χ1v) is 12.1. The molecule has 9 heteroatoms. The highest BCUT2D eigenvalue weighted by Gasteiger charge is 2.30. The summed E-state index contributed by atoms with van der Waals surface area (Å²) in [6, 6.07) is 7.84. The number of hydrogen-bond donors (Lipinski definition) is 0. The van der Waals surface area contributed by atoms with Crippen molar-refractivity contribution >= 4 is 38.5 Å². The smallest absolute Gasteiger partial charge is 0.331 e. The van der Waals surface area contributed by atoms with Gasteiger partial charge in [0.25, 0.3) is 11.5 Å². The normalized spacial score (nSPS) is 14.2. The van der Waals surface area contributed by atoms with Gasteiger partial charge in [-0.05, 0) is 30.9 Å². The van der Waals surface area contributed by atoms with Crippen molar-refractivity contribution in [3.05, 3.63) is 61.9 Å². The van der Waals surface area contributed by atoms with Gasteiger partial charge in [-0.2, -0.15) is 0 Å². The van der Waals surface area contributed by atoms with E-state index >= 15 is 0 Å². The minimum atomic E-state index is -0.407. The lowest BCUT2D eigenvalue weighted by Crippen LogP contribution is -2.39. The van der Waals surface area contributed by atoms with Crippen LogP contribution in [-0.2, 0) is 20.1 Å². The number of aromatic nitrogens is 4. The molecule has 1 saturated heterocycles. The van der Waals surface area contributed by atoms with Crippen molar-refractivity contribution in [3.63, 3.8) is 0 Å². The van der Waals surface area contributed by atoms with Crippen molar-refractivity contribution in [2.75, 3.05) is 13.1 Å². The predicted octanol–water partition coefficient (Wildman–Crippen LogP) is 3.05. The number of thiophene rings is 1. The number of fused-ring (bicyclic) bond motifs is 2. The van der Waals surface area contributed by atoms with Crippen molar-refractivity contribution in [3.8, 4) is 0 Å². The number of carbonyl (C=O) groups is 1. The number of amides is 1. The highest BCUT2D eigenvalue weighted by Crippen LogP contribution is 2.32. The molecule has 0 saturated carbocycles. The van der Waals surface area contributed by atoms with Crippen LogP contribution in [0.25, 0.3) is 21.3 Å². The van der Waals surface area contributed by atoms with Crippen molar-refractivity contribution in [2.45, 2.75) is 39.8 Å². The summed E-state index contributed by atoms with van der Waals surface area (Å²) >= 11 is 1.38. The lowest BCUT2D eigenvalue weighted by molar-refractivity contribution is 0.0794. The Bertz CT molecular complexity index is 1480. The second-order valence-corrected chi connectivity index (χ2v) is 10.2. The van der Waals surface area contributed by atoms with Gasteiger partial charge >= 0.3 is 5.69 Å². The molecule has 4 aromatic rings. The summed E-state index contributed by atoms with van der Waals surface area (Å²) in [6.45, 7) is 6.34. The van der Waals surface area contributed by atoms with Gasteiger partial charge in [-0.25, -0.2) is 9.78 Å². The van der Waals surface area contributed by atoms with Crippen molar-refractivity contribution < 1.29 is 4.79 Å². The highest BCUT2D eigenvalue weighted by molar-refractivity contribution is 7.19. The summed E-state index contributed by atoms with van der Waals surface area (Å²) in [5.41, 5.74) is 1.52. The molecule has 1 fully saturated rings. The molecule has 4 heterocycles. The molecular formula is C24H27N5O3S. The monoisotopic (exact) mass is 465 g/mol. The SMILES string of the molecule is CC(C)Cn1c(=O)n(C)c(=O)c2c(C(=O)N3CCCC3)c(Cn3cnc4ccccc43)sc21. The Morgan fingerprint density at radius 1 is 1.15 bits per heavy atom. The maximum absolute atomic E-state index is 13.7. The average molecular weight is 466 g/mol. The van der Waals surface area contributed by atoms with E-state index in [9.17, 15) is 14.4 Å². The van der Waals surface area contributed by atoms with Crippen LogP contribution in [0.4, 0.5) is 0 Å². The summed E-state index contributed by atoms with van der Waals surface area (Å²) < 4.78 is 4.78. The maximum Gasteiger partial charge on any atom is 0.331 e. The van der Waals surface area contributed by atoms with Crippen LogP contribution in [0.5, 0.6) is 0 Å². The zero-order valence-corrected chi connectivity index (χ0v) is 19.9. The standard InChI is InChI=1S/C24H27N5O3S/c1-15(2)12-29-23-20(21(30)26(3)24(29)32)19(22(31)27-10-6-7-11-27)18(33-23)13-28-14-25-16-8-4-5-9-17(16)28/h4-5,8-9,14-15H,6-7,10-13H2,1-3H3. The van der Waals surface area contributed by atoms with Gasteiger partial charge in [0.1, 0.15) is 4.83 Å². The van der Waals surface area contributed by atoms with Crippen molar-refractivity contribution in [1.29, 1.82) is 0 Å². The molecule has 0 radical (unpaired) electrons. The number of hydrogen-bond acceptors (Lipinski definition) is 5. The van der Waals surface area contributed by atoms with E-state index in [0.29, 0.717) is 42.0 Å². The van der Waals surface area contributed by atoms with E-state index in [1.54, 1.807) is 10.9 Å².